The van der Waals surface area contributed by atoms with Crippen LogP contribution in [0.15, 0.2) is 72.8 Å². The molecule has 0 aliphatic heterocycles. The van der Waals surface area contributed by atoms with Crippen LogP contribution in [0.2, 0.25) is 0 Å². The molecule has 0 saturated heterocycles. The van der Waals surface area contributed by atoms with Crippen LogP contribution in [-0.2, 0) is 6.61 Å². The maximum atomic E-state index is 11.9. The third-order valence-corrected chi connectivity index (χ3v) is 3.78. The number of aromatic carboxylic acids is 1. The third-order valence-electron chi connectivity index (χ3n) is 3.78. The molecule has 3 rings (SSSR count). The van der Waals surface area contributed by atoms with Crippen molar-refractivity contribution in [1.29, 1.82) is 0 Å². The minimum Gasteiger partial charge on any atom is -0.488 e. The van der Waals surface area contributed by atoms with E-state index in [1.165, 1.54) is 0 Å². The Morgan fingerprint density at radius 3 is 2.20 bits per heavy atom. The second-order valence-electron chi connectivity index (χ2n) is 5.39. The molecule has 0 amide bonds. The summed E-state index contributed by atoms with van der Waals surface area (Å²) in [6.07, 6.45) is 0. The number of carboxylic acids is 1. The normalized spacial score (nSPS) is 10.0. The third kappa shape index (κ3) is 3.51. The average Bonchev–Trinajstić information content (AvgIpc) is 2.67. The number of rotatable bonds is 5. The second-order valence-corrected chi connectivity index (χ2v) is 5.39. The average molecular weight is 329 g/mol. The molecule has 0 aliphatic carbocycles. The van der Waals surface area contributed by atoms with Crippen LogP contribution < -0.4 is 4.74 Å². The Balaban J connectivity index is 2.08. The molecule has 25 heavy (non-hydrogen) atoms. The number of nitrogens with zero attached hydrogens (tertiary/aromatic N) is 1. The van der Waals surface area contributed by atoms with Crippen molar-refractivity contribution in [3.05, 3.63) is 95.3 Å². The summed E-state index contributed by atoms with van der Waals surface area (Å²) in [6, 6.07) is 21.7. The largest absolute Gasteiger partial charge is 0.488 e. The summed E-state index contributed by atoms with van der Waals surface area (Å²) in [5.74, 6) is -0.866. The minimum atomic E-state index is -1.12. The molecule has 3 aromatic rings. The van der Waals surface area contributed by atoms with Crippen molar-refractivity contribution < 1.29 is 14.6 Å². The van der Waals surface area contributed by atoms with Crippen molar-refractivity contribution in [2.75, 3.05) is 0 Å². The van der Waals surface area contributed by atoms with Gasteiger partial charge in [0.05, 0.1) is 12.1 Å². The van der Waals surface area contributed by atoms with E-state index in [9.17, 15) is 9.90 Å². The predicted octanol–water partition coefficient (Wildman–Crippen LogP) is 5.18. The monoisotopic (exact) mass is 329 g/mol. The zero-order chi connectivity index (χ0) is 17.6. The van der Waals surface area contributed by atoms with Gasteiger partial charge in [0.15, 0.2) is 5.69 Å². The maximum Gasteiger partial charge on any atom is 0.338 e. The molecular weight excluding hydrogens is 314 g/mol. The zero-order valence-electron chi connectivity index (χ0n) is 13.3. The molecule has 0 radical (unpaired) electrons. The van der Waals surface area contributed by atoms with Gasteiger partial charge in [-0.1, -0.05) is 66.7 Å². The number of benzene rings is 3. The van der Waals surface area contributed by atoms with Gasteiger partial charge in [-0.05, 0) is 17.2 Å². The van der Waals surface area contributed by atoms with E-state index in [4.69, 9.17) is 11.3 Å². The van der Waals surface area contributed by atoms with E-state index < -0.39 is 5.97 Å². The summed E-state index contributed by atoms with van der Waals surface area (Å²) < 4.78 is 5.76. The van der Waals surface area contributed by atoms with Crippen LogP contribution in [0.4, 0.5) is 5.69 Å². The van der Waals surface area contributed by atoms with Crippen molar-refractivity contribution in [2.24, 2.45) is 0 Å². The van der Waals surface area contributed by atoms with E-state index in [1.54, 1.807) is 24.3 Å². The van der Waals surface area contributed by atoms with Crippen molar-refractivity contribution in [3.8, 4) is 16.9 Å². The molecular formula is C21H15NO3. The van der Waals surface area contributed by atoms with Gasteiger partial charge in [0.25, 0.3) is 0 Å². The standard InChI is InChI=1S/C21H15NO3/c1-22-17-12-13-18(25-14-15-8-4-2-5-9-15)20(21(23)24)19(17)16-10-6-3-7-11-16/h2-13H,14H2,(H,23,24). The Bertz CT molecular complexity index is 929. The molecule has 0 aliphatic rings. The highest BCUT2D eigenvalue weighted by atomic mass is 16.5. The summed E-state index contributed by atoms with van der Waals surface area (Å²) in [4.78, 5) is 15.4. The quantitative estimate of drug-likeness (QED) is 0.656. The highest BCUT2D eigenvalue weighted by molar-refractivity contribution is 6.03. The van der Waals surface area contributed by atoms with Crippen LogP contribution in [0, 0.1) is 6.57 Å². The predicted molar refractivity (Wildman–Crippen MR) is 95.9 cm³/mol. The maximum absolute atomic E-state index is 11.9. The summed E-state index contributed by atoms with van der Waals surface area (Å²) in [7, 11) is 0. The van der Waals surface area contributed by atoms with Crippen LogP contribution in [0.1, 0.15) is 15.9 Å². The van der Waals surface area contributed by atoms with Gasteiger partial charge in [0, 0.05) is 5.56 Å². The van der Waals surface area contributed by atoms with Gasteiger partial charge in [0.1, 0.15) is 12.4 Å². The summed E-state index contributed by atoms with van der Waals surface area (Å²) in [5.41, 5.74) is 2.30. The Morgan fingerprint density at radius 2 is 1.60 bits per heavy atom. The molecule has 3 aromatic carbocycles. The molecule has 0 saturated carbocycles. The Labute approximate surface area is 145 Å². The zero-order valence-corrected chi connectivity index (χ0v) is 13.3. The van der Waals surface area contributed by atoms with Crippen LogP contribution in [0.25, 0.3) is 16.0 Å². The van der Waals surface area contributed by atoms with Crippen molar-refractivity contribution in [3.63, 3.8) is 0 Å². The van der Waals surface area contributed by atoms with Crippen LogP contribution >= 0.6 is 0 Å². The van der Waals surface area contributed by atoms with Crippen molar-refractivity contribution >= 4 is 11.7 Å². The fraction of sp³-hybridized carbons (Fsp3) is 0.0476. The molecule has 4 nitrogen and oxygen atoms in total. The van der Waals surface area contributed by atoms with E-state index >= 15 is 0 Å². The smallest absolute Gasteiger partial charge is 0.338 e. The number of carboxylic acid groups (broad SMARTS) is 1. The SMILES string of the molecule is [C-]#[N+]c1ccc(OCc2ccccc2)c(C(=O)O)c1-c1ccccc1. The van der Waals surface area contributed by atoms with E-state index in [2.05, 4.69) is 4.85 Å². The first kappa shape index (κ1) is 16.3. The first-order chi connectivity index (χ1) is 12.2. The highest BCUT2D eigenvalue weighted by Gasteiger charge is 2.21. The molecule has 0 unspecified atom stereocenters. The summed E-state index contributed by atoms with van der Waals surface area (Å²) >= 11 is 0. The minimum absolute atomic E-state index is 0.00984. The van der Waals surface area contributed by atoms with Gasteiger partial charge in [0.2, 0.25) is 0 Å². The van der Waals surface area contributed by atoms with E-state index in [-0.39, 0.29) is 23.6 Å². The topological polar surface area (TPSA) is 50.9 Å². The Hall–Kier alpha value is -3.58. The lowest BCUT2D eigenvalue weighted by Crippen LogP contribution is -2.06. The van der Waals surface area contributed by atoms with Crippen molar-refractivity contribution in [1.82, 2.24) is 0 Å². The summed E-state index contributed by atoms with van der Waals surface area (Å²) in [6.45, 7) is 7.63. The molecule has 0 spiro atoms. The highest BCUT2D eigenvalue weighted by Crippen LogP contribution is 2.39. The number of ether oxygens (including phenoxy) is 1. The molecule has 122 valence electrons. The van der Waals surface area contributed by atoms with E-state index in [0.29, 0.717) is 11.1 Å². The van der Waals surface area contributed by atoms with Crippen LogP contribution in [0.3, 0.4) is 0 Å². The van der Waals surface area contributed by atoms with Gasteiger partial charge in [-0.2, -0.15) is 0 Å². The van der Waals surface area contributed by atoms with Gasteiger partial charge in [-0.3, -0.25) is 0 Å². The number of hydrogen-bond donors (Lipinski definition) is 1. The Morgan fingerprint density at radius 1 is 0.960 bits per heavy atom. The lowest BCUT2D eigenvalue weighted by Gasteiger charge is -2.15. The molecule has 1 N–H and O–H groups in total. The van der Waals surface area contributed by atoms with Gasteiger partial charge >= 0.3 is 5.97 Å². The number of hydrogen-bond acceptors (Lipinski definition) is 2. The van der Waals surface area contributed by atoms with Crippen LogP contribution in [0.5, 0.6) is 5.75 Å². The van der Waals surface area contributed by atoms with Crippen LogP contribution in [-0.4, -0.2) is 11.1 Å². The van der Waals surface area contributed by atoms with Crippen molar-refractivity contribution in [2.45, 2.75) is 6.61 Å². The molecule has 0 bridgehead atoms. The Kier molecular flexibility index (Phi) is 4.77. The fourth-order valence-corrected chi connectivity index (χ4v) is 2.63. The fourth-order valence-electron chi connectivity index (χ4n) is 2.63. The molecule has 4 heteroatoms. The molecule has 0 atom stereocenters. The lowest BCUT2D eigenvalue weighted by atomic mass is 9.97. The van der Waals surface area contributed by atoms with Gasteiger partial charge in [-0.15, -0.1) is 0 Å². The first-order valence-corrected chi connectivity index (χ1v) is 7.70. The second kappa shape index (κ2) is 7.33. The molecule has 0 aromatic heterocycles. The van der Waals surface area contributed by atoms with Gasteiger partial charge < -0.3 is 9.84 Å². The summed E-state index contributed by atoms with van der Waals surface area (Å²) in [5, 5.41) is 9.74. The lowest BCUT2D eigenvalue weighted by molar-refractivity contribution is 0.0692. The van der Waals surface area contributed by atoms with E-state index in [0.717, 1.165) is 5.56 Å². The van der Waals surface area contributed by atoms with E-state index in [1.807, 2.05) is 48.5 Å². The number of carbonyl (C=O) groups is 1. The van der Waals surface area contributed by atoms with Gasteiger partial charge in [-0.25, -0.2) is 9.64 Å². The first-order valence-electron chi connectivity index (χ1n) is 7.70. The molecule has 0 heterocycles. The molecule has 0 fully saturated rings.